The van der Waals surface area contributed by atoms with Gasteiger partial charge in [-0.1, -0.05) is 0 Å². The van der Waals surface area contributed by atoms with E-state index in [2.05, 4.69) is 15.5 Å². The maximum atomic E-state index is 13.1. The molecule has 1 atom stereocenters. The molecule has 0 bridgehead atoms. The second-order valence-corrected chi connectivity index (χ2v) is 7.03. The molecular weight excluding hydrogens is 444 g/mol. The van der Waals surface area contributed by atoms with E-state index in [1.807, 2.05) is 0 Å². The predicted octanol–water partition coefficient (Wildman–Crippen LogP) is 3.73. The van der Waals surface area contributed by atoms with Crippen LogP contribution in [0.1, 0.15) is 23.6 Å². The average molecular weight is 457 g/mol. The number of nitrogens with one attached hydrogen (secondary N) is 1. The molecule has 1 heterocycles. The van der Waals surface area contributed by atoms with Crippen LogP contribution in [-0.2, 0) is 23.7 Å². The van der Waals surface area contributed by atoms with E-state index in [1.54, 1.807) is 0 Å². The molecule has 0 aliphatic carbocycles. The first kappa shape index (κ1) is 23.0. The number of aromatic nitrogens is 3. The van der Waals surface area contributed by atoms with E-state index in [0.717, 1.165) is 42.1 Å². The molecule has 1 aromatic heterocycles. The molecule has 3 rings (SSSR count). The van der Waals surface area contributed by atoms with Gasteiger partial charge in [0, 0.05) is 5.69 Å². The summed E-state index contributed by atoms with van der Waals surface area (Å²) in [6, 6.07) is 6.50. The van der Waals surface area contributed by atoms with E-state index in [-0.39, 0.29) is 16.7 Å². The highest BCUT2D eigenvalue weighted by Crippen LogP contribution is 2.34. The van der Waals surface area contributed by atoms with E-state index >= 15 is 0 Å². The van der Waals surface area contributed by atoms with Gasteiger partial charge in [-0.25, -0.2) is 0 Å². The maximum Gasteiger partial charge on any atom is 0.417 e. The fourth-order valence-corrected chi connectivity index (χ4v) is 2.77. The summed E-state index contributed by atoms with van der Waals surface area (Å²) in [5.41, 5.74) is -5.48. The Morgan fingerprint density at radius 2 is 1.72 bits per heavy atom. The Bertz CT molecular complexity index is 1220. The predicted molar refractivity (Wildman–Crippen MR) is 97.9 cm³/mol. The van der Waals surface area contributed by atoms with Crippen molar-refractivity contribution in [3.8, 4) is 6.07 Å². The molecule has 2 N–H and O–H groups in total. The Hall–Kier alpha value is -3.66. The molecule has 32 heavy (non-hydrogen) atoms. The second kappa shape index (κ2) is 7.79. The third-order valence-electron chi connectivity index (χ3n) is 4.39. The molecule has 0 saturated heterocycles. The molecule has 13 heteroatoms. The lowest BCUT2D eigenvalue weighted by atomic mass is 10.0. The van der Waals surface area contributed by atoms with Crippen molar-refractivity contribution in [3.63, 3.8) is 0 Å². The molecule has 0 fully saturated rings. The summed E-state index contributed by atoms with van der Waals surface area (Å²) in [6.45, 7) is 0.434. The Balaban J connectivity index is 1.81. The van der Waals surface area contributed by atoms with Crippen molar-refractivity contribution in [2.24, 2.45) is 0 Å². The zero-order chi connectivity index (χ0) is 23.9. The number of carbonyl (C=O) groups excluding carboxylic acids is 1. The van der Waals surface area contributed by atoms with Crippen LogP contribution in [0.4, 0.5) is 32.0 Å². The highest BCUT2D eigenvalue weighted by atomic mass is 19.4. The Morgan fingerprint density at radius 3 is 2.31 bits per heavy atom. The van der Waals surface area contributed by atoms with Crippen LogP contribution in [0, 0.1) is 11.3 Å². The monoisotopic (exact) mass is 457 g/mol. The number of benzene rings is 2. The molecule has 0 aliphatic rings. The quantitative estimate of drug-likeness (QED) is 0.581. The van der Waals surface area contributed by atoms with Crippen LogP contribution in [-0.4, -0.2) is 31.6 Å². The van der Waals surface area contributed by atoms with Gasteiger partial charge in [-0.3, -0.25) is 4.79 Å². The number of carbonyl (C=O) groups is 1. The van der Waals surface area contributed by atoms with Crippen LogP contribution < -0.4 is 5.32 Å². The lowest BCUT2D eigenvalue weighted by Crippen LogP contribution is -2.44. The number of aliphatic hydroxyl groups is 1. The lowest BCUT2D eigenvalue weighted by Gasteiger charge is -2.22. The van der Waals surface area contributed by atoms with Gasteiger partial charge in [0.25, 0.3) is 5.91 Å². The van der Waals surface area contributed by atoms with Gasteiger partial charge < -0.3 is 10.4 Å². The van der Waals surface area contributed by atoms with Crippen LogP contribution >= 0.6 is 0 Å². The van der Waals surface area contributed by atoms with Gasteiger partial charge in [0.1, 0.15) is 11.0 Å². The van der Waals surface area contributed by atoms with Crippen molar-refractivity contribution in [3.05, 3.63) is 53.1 Å². The molecule has 0 saturated carbocycles. The van der Waals surface area contributed by atoms with Crippen molar-refractivity contribution in [1.29, 1.82) is 5.26 Å². The second-order valence-electron chi connectivity index (χ2n) is 7.03. The van der Waals surface area contributed by atoms with Crippen LogP contribution in [0.3, 0.4) is 0 Å². The zero-order valence-electron chi connectivity index (χ0n) is 16.1. The molecule has 0 aliphatic heterocycles. The summed E-state index contributed by atoms with van der Waals surface area (Å²) in [5, 5.41) is 29.1. The molecule has 1 amide bonds. The van der Waals surface area contributed by atoms with Crippen LogP contribution in [0.5, 0.6) is 0 Å². The topological polar surface area (TPSA) is 104 Å². The van der Waals surface area contributed by atoms with Crippen molar-refractivity contribution in [2.45, 2.75) is 31.4 Å². The number of halogens is 6. The minimum absolute atomic E-state index is 0.0797. The van der Waals surface area contributed by atoms with Crippen LogP contribution in [0.2, 0.25) is 0 Å². The summed E-state index contributed by atoms with van der Waals surface area (Å²) < 4.78 is 77.7. The van der Waals surface area contributed by atoms with Gasteiger partial charge >= 0.3 is 12.4 Å². The first-order valence-corrected chi connectivity index (χ1v) is 8.78. The molecule has 0 spiro atoms. The summed E-state index contributed by atoms with van der Waals surface area (Å²) in [7, 11) is 0. The Labute approximate surface area is 175 Å². The van der Waals surface area contributed by atoms with Gasteiger partial charge in [-0.05, 0) is 43.3 Å². The minimum Gasteiger partial charge on any atom is -0.378 e. The molecule has 0 radical (unpaired) electrons. The van der Waals surface area contributed by atoms with E-state index in [0.29, 0.717) is 6.07 Å². The largest absolute Gasteiger partial charge is 0.417 e. The molecule has 3 aromatic rings. The van der Waals surface area contributed by atoms with E-state index in [1.165, 1.54) is 6.07 Å². The number of fused-ring (bicyclic) bond motifs is 1. The van der Waals surface area contributed by atoms with Crippen molar-refractivity contribution in [1.82, 2.24) is 15.0 Å². The number of nitriles is 1. The number of anilines is 1. The van der Waals surface area contributed by atoms with Crippen molar-refractivity contribution in [2.75, 3.05) is 5.32 Å². The number of alkyl halides is 6. The number of amides is 1. The van der Waals surface area contributed by atoms with E-state index < -0.39 is 47.1 Å². The number of nitrogens with zero attached hydrogens (tertiary/aromatic N) is 4. The third-order valence-corrected chi connectivity index (χ3v) is 4.39. The third kappa shape index (κ3) is 4.80. The number of hydrogen-bond acceptors (Lipinski definition) is 5. The Kier molecular flexibility index (Phi) is 5.60. The number of hydrogen-bond donors (Lipinski definition) is 2. The van der Waals surface area contributed by atoms with Crippen molar-refractivity contribution < 1.29 is 36.2 Å². The zero-order valence-corrected chi connectivity index (χ0v) is 16.1. The van der Waals surface area contributed by atoms with E-state index in [9.17, 15) is 36.2 Å². The standard InChI is InChI=1S/C19H13F6N5O2/c1-17(32,9-30-28-14-5-3-11(18(20,21)22)6-15(14)29-30)16(31)27-12-4-2-10(8-26)13(7-12)19(23,24)25/h2-7,32H,9H2,1H3,(H,27,31)/t17-/m0/s1. The smallest absolute Gasteiger partial charge is 0.378 e. The summed E-state index contributed by atoms with van der Waals surface area (Å²) in [6.07, 6.45) is -9.44. The molecule has 168 valence electrons. The SMILES string of the molecule is C[C@](O)(Cn1nc2ccc(C(F)(F)F)cc2n1)C(=O)Nc1ccc(C#N)c(C(F)(F)F)c1. The molecule has 2 aromatic carbocycles. The highest BCUT2D eigenvalue weighted by molar-refractivity contribution is 5.96. The van der Waals surface area contributed by atoms with Gasteiger partial charge in [0.2, 0.25) is 0 Å². The minimum atomic E-state index is -4.84. The average Bonchev–Trinajstić information content (AvgIpc) is 3.07. The first-order valence-electron chi connectivity index (χ1n) is 8.78. The van der Waals surface area contributed by atoms with Crippen LogP contribution in [0.25, 0.3) is 11.0 Å². The van der Waals surface area contributed by atoms with Crippen molar-refractivity contribution >= 4 is 22.6 Å². The summed E-state index contributed by atoms with van der Waals surface area (Å²) in [5.74, 6) is -1.12. The van der Waals surface area contributed by atoms with Gasteiger partial charge in [-0.15, -0.1) is 0 Å². The first-order chi connectivity index (χ1) is 14.7. The molecular formula is C19H13F6N5O2. The fraction of sp³-hybridized carbons (Fsp3) is 0.263. The summed E-state index contributed by atoms with van der Waals surface area (Å²) in [4.78, 5) is 13.2. The highest BCUT2D eigenvalue weighted by Gasteiger charge is 2.36. The van der Waals surface area contributed by atoms with Gasteiger partial charge in [-0.2, -0.15) is 46.6 Å². The summed E-state index contributed by atoms with van der Waals surface area (Å²) >= 11 is 0. The fourth-order valence-electron chi connectivity index (χ4n) is 2.77. The van der Waals surface area contributed by atoms with Crippen LogP contribution in [0.15, 0.2) is 36.4 Å². The molecule has 0 unspecified atom stereocenters. The molecule has 7 nitrogen and oxygen atoms in total. The van der Waals surface area contributed by atoms with E-state index in [4.69, 9.17) is 5.26 Å². The maximum absolute atomic E-state index is 13.1. The Morgan fingerprint density at radius 1 is 1.06 bits per heavy atom. The number of rotatable bonds is 4. The van der Waals surface area contributed by atoms with Gasteiger partial charge in [0.05, 0.1) is 29.3 Å². The lowest BCUT2D eigenvalue weighted by molar-refractivity contribution is -0.138. The van der Waals surface area contributed by atoms with Gasteiger partial charge in [0.15, 0.2) is 5.60 Å². The normalized spacial score (nSPS) is 14.1.